The van der Waals surface area contributed by atoms with Crippen molar-refractivity contribution < 1.29 is 9.59 Å². The average Bonchev–Trinajstić information content (AvgIpc) is 2.45. The van der Waals surface area contributed by atoms with Gasteiger partial charge in [0.1, 0.15) is 0 Å². The summed E-state index contributed by atoms with van der Waals surface area (Å²) in [6, 6.07) is 7.75. The number of carbonyl (C=O) groups is 2. The Morgan fingerprint density at radius 1 is 1.17 bits per heavy atom. The van der Waals surface area contributed by atoms with Gasteiger partial charge < -0.3 is 10.2 Å². The van der Waals surface area contributed by atoms with Crippen LogP contribution in [0.1, 0.15) is 50.8 Å². The molecule has 1 N–H and O–H groups in total. The molecule has 4 nitrogen and oxygen atoms in total. The molecule has 2 rings (SSSR count). The Hall–Kier alpha value is -1.84. The molecule has 3 atom stereocenters. The molecule has 1 aliphatic heterocycles. The van der Waals surface area contributed by atoms with Crippen LogP contribution in [0.4, 0.5) is 0 Å². The van der Waals surface area contributed by atoms with Gasteiger partial charge in [0.25, 0.3) is 0 Å². The van der Waals surface area contributed by atoms with E-state index in [9.17, 15) is 9.59 Å². The SMILES string of the molecule is CC(=O)N[C@@H](CC(=O)N1C[C@H](C)C[C@H](C)C1)c1ccc(C)cc1. The number of rotatable bonds is 4. The van der Waals surface area contributed by atoms with Crippen LogP contribution in [0.25, 0.3) is 0 Å². The van der Waals surface area contributed by atoms with E-state index in [-0.39, 0.29) is 17.9 Å². The smallest absolute Gasteiger partial charge is 0.225 e. The highest BCUT2D eigenvalue weighted by Gasteiger charge is 2.27. The number of nitrogens with zero attached hydrogens (tertiary/aromatic N) is 1. The van der Waals surface area contributed by atoms with Crippen LogP contribution in [0.2, 0.25) is 0 Å². The topological polar surface area (TPSA) is 49.4 Å². The molecule has 1 aromatic rings. The number of hydrogen-bond acceptors (Lipinski definition) is 2. The second-order valence-electron chi connectivity index (χ2n) is 7.11. The van der Waals surface area contributed by atoms with Gasteiger partial charge in [-0.15, -0.1) is 0 Å². The summed E-state index contributed by atoms with van der Waals surface area (Å²) < 4.78 is 0. The quantitative estimate of drug-likeness (QED) is 0.928. The Morgan fingerprint density at radius 3 is 2.26 bits per heavy atom. The fourth-order valence-electron chi connectivity index (χ4n) is 3.47. The van der Waals surface area contributed by atoms with E-state index < -0.39 is 0 Å². The van der Waals surface area contributed by atoms with Crippen LogP contribution in [0.3, 0.4) is 0 Å². The monoisotopic (exact) mass is 316 g/mol. The van der Waals surface area contributed by atoms with Crippen LogP contribution in [-0.2, 0) is 9.59 Å². The standard InChI is InChI=1S/C19H28N2O2/c1-13-5-7-17(8-6-13)18(20-16(4)22)10-19(23)21-11-14(2)9-15(3)12-21/h5-8,14-15,18H,9-12H2,1-4H3,(H,20,22)/t14-,15+,18-/m0/s1. The van der Waals surface area contributed by atoms with Crippen molar-refractivity contribution >= 4 is 11.8 Å². The number of likely N-dealkylation sites (tertiary alicyclic amines) is 1. The van der Waals surface area contributed by atoms with Gasteiger partial charge in [0, 0.05) is 20.0 Å². The lowest BCUT2D eigenvalue weighted by molar-refractivity contribution is -0.134. The number of benzene rings is 1. The molecule has 0 radical (unpaired) electrons. The van der Waals surface area contributed by atoms with Crippen molar-refractivity contribution in [1.29, 1.82) is 0 Å². The third-order valence-corrected chi connectivity index (χ3v) is 4.46. The third kappa shape index (κ3) is 5.08. The summed E-state index contributed by atoms with van der Waals surface area (Å²) in [7, 11) is 0. The van der Waals surface area contributed by atoms with Gasteiger partial charge in [-0.25, -0.2) is 0 Å². The van der Waals surface area contributed by atoms with Gasteiger partial charge in [0.15, 0.2) is 0 Å². The van der Waals surface area contributed by atoms with Gasteiger partial charge in [-0.3, -0.25) is 9.59 Å². The van der Waals surface area contributed by atoms with E-state index in [1.54, 1.807) is 0 Å². The molecule has 0 spiro atoms. The molecule has 1 heterocycles. The van der Waals surface area contributed by atoms with E-state index in [0.717, 1.165) is 18.7 Å². The molecule has 1 aliphatic rings. The third-order valence-electron chi connectivity index (χ3n) is 4.46. The summed E-state index contributed by atoms with van der Waals surface area (Å²) in [5.74, 6) is 1.11. The van der Waals surface area contributed by atoms with Crippen LogP contribution in [-0.4, -0.2) is 29.8 Å². The minimum atomic E-state index is -0.256. The first kappa shape index (κ1) is 17.5. The molecule has 0 saturated carbocycles. The maximum Gasteiger partial charge on any atom is 0.225 e. The summed E-state index contributed by atoms with van der Waals surface area (Å²) in [4.78, 5) is 26.2. The number of amides is 2. The average molecular weight is 316 g/mol. The normalized spacial score (nSPS) is 22.5. The fourth-order valence-corrected chi connectivity index (χ4v) is 3.47. The zero-order valence-corrected chi connectivity index (χ0v) is 14.6. The van der Waals surface area contributed by atoms with E-state index in [2.05, 4.69) is 19.2 Å². The molecule has 23 heavy (non-hydrogen) atoms. The lowest BCUT2D eigenvalue weighted by atomic mass is 9.91. The number of hydrogen-bond donors (Lipinski definition) is 1. The molecule has 1 saturated heterocycles. The highest BCUT2D eigenvalue weighted by molar-refractivity contribution is 5.79. The summed E-state index contributed by atoms with van der Waals surface area (Å²) in [6.45, 7) is 9.56. The van der Waals surface area contributed by atoms with Gasteiger partial charge in [-0.2, -0.15) is 0 Å². The molecular weight excluding hydrogens is 288 g/mol. The summed E-state index contributed by atoms with van der Waals surface area (Å²) >= 11 is 0. The largest absolute Gasteiger partial charge is 0.349 e. The predicted molar refractivity (Wildman–Crippen MR) is 91.9 cm³/mol. The van der Waals surface area contributed by atoms with Crippen molar-refractivity contribution in [1.82, 2.24) is 10.2 Å². The van der Waals surface area contributed by atoms with E-state index in [1.807, 2.05) is 36.1 Å². The van der Waals surface area contributed by atoms with Gasteiger partial charge in [-0.1, -0.05) is 43.7 Å². The van der Waals surface area contributed by atoms with E-state index in [0.29, 0.717) is 18.3 Å². The molecule has 2 amide bonds. The maximum absolute atomic E-state index is 12.7. The Labute approximate surface area is 139 Å². The molecule has 1 fully saturated rings. The minimum absolute atomic E-state index is 0.108. The van der Waals surface area contributed by atoms with Crippen molar-refractivity contribution in [2.24, 2.45) is 11.8 Å². The maximum atomic E-state index is 12.7. The zero-order chi connectivity index (χ0) is 17.0. The first-order chi connectivity index (χ1) is 10.8. The second-order valence-corrected chi connectivity index (χ2v) is 7.11. The van der Waals surface area contributed by atoms with Crippen LogP contribution in [0.15, 0.2) is 24.3 Å². The Bertz CT molecular complexity index is 543. The number of carbonyl (C=O) groups excluding carboxylic acids is 2. The Kier molecular flexibility index (Phi) is 5.80. The minimum Gasteiger partial charge on any atom is -0.349 e. The number of aryl methyl sites for hydroxylation is 1. The van der Waals surface area contributed by atoms with Crippen molar-refractivity contribution in [3.8, 4) is 0 Å². The molecule has 0 bridgehead atoms. The zero-order valence-electron chi connectivity index (χ0n) is 14.6. The number of nitrogens with one attached hydrogen (secondary N) is 1. The summed E-state index contributed by atoms with van der Waals surface area (Å²) in [5, 5.41) is 2.92. The Morgan fingerprint density at radius 2 is 1.74 bits per heavy atom. The molecule has 4 heteroatoms. The van der Waals surface area contributed by atoms with E-state index in [4.69, 9.17) is 0 Å². The van der Waals surface area contributed by atoms with Gasteiger partial charge in [0.05, 0.1) is 12.5 Å². The first-order valence-electron chi connectivity index (χ1n) is 8.46. The lowest BCUT2D eigenvalue weighted by Gasteiger charge is -2.36. The van der Waals surface area contributed by atoms with Crippen molar-refractivity contribution in [3.63, 3.8) is 0 Å². The van der Waals surface area contributed by atoms with Crippen molar-refractivity contribution in [2.45, 2.75) is 46.6 Å². The predicted octanol–water partition coefficient (Wildman–Crippen LogP) is 3.07. The molecule has 0 unspecified atom stereocenters. The second kappa shape index (κ2) is 7.62. The van der Waals surface area contributed by atoms with Gasteiger partial charge in [-0.05, 0) is 30.7 Å². The van der Waals surface area contributed by atoms with Crippen molar-refractivity contribution in [2.75, 3.05) is 13.1 Å². The fraction of sp³-hybridized carbons (Fsp3) is 0.579. The highest BCUT2D eigenvalue weighted by atomic mass is 16.2. The van der Waals surface area contributed by atoms with Crippen LogP contribution in [0.5, 0.6) is 0 Å². The van der Waals surface area contributed by atoms with Crippen LogP contribution in [0, 0.1) is 18.8 Å². The molecule has 0 aliphatic carbocycles. The highest BCUT2D eigenvalue weighted by Crippen LogP contribution is 2.24. The summed E-state index contributed by atoms with van der Waals surface area (Å²) in [6.07, 6.45) is 1.50. The molecule has 126 valence electrons. The van der Waals surface area contributed by atoms with Crippen LogP contribution >= 0.6 is 0 Å². The van der Waals surface area contributed by atoms with Gasteiger partial charge in [0.2, 0.25) is 11.8 Å². The lowest BCUT2D eigenvalue weighted by Crippen LogP contribution is -2.44. The van der Waals surface area contributed by atoms with E-state index in [1.165, 1.54) is 18.9 Å². The molecular formula is C19H28N2O2. The first-order valence-corrected chi connectivity index (χ1v) is 8.46. The summed E-state index contributed by atoms with van der Waals surface area (Å²) in [5.41, 5.74) is 2.15. The Balaban J connectivity index is 2.09. The van der Waals surface area contributed by atoms with Crippen molar-refractivity contribution in [3.05, 3.63) is 35.4 Å². The number of piperidine rings is 1. The molecule has 0 aromatic heterocycles. The van der Waals surface area contributed by atoms with Crippen LogP contribution < -0.4 is 5.32 Å². The van der Waals surface area contributed by atoms with E-state index >= 15 is 0 Å². The van der Waals surface area contributed by atoms with Gasteiger partial charge >= 0.3 is 0 Å². The molecule has 1 aromatic carbocycles.